The number of benzene rings is 2. The van der Waals surface area contributed by atoms with Gasteiger partial charge in [-0.05, 0) is 36.6 Å². The third-order valence-electron chi connectivity index (χ3n) is 3.94. The SMILES string of the molecule is COc1cc(-c2nc(SC)[nH]c(=O)c2C#N)ccc1OC(=O)c1ccccc1Cl. The Labute approximate surface area is 175 Å². The number of rotatable bonds is 5. The van der Waals surface area contributed by atoms with Gasteiger partial charge in [0.2, 0.25) is 0 Å². The molecule has 0 atom stereocenters. The monoisotopic (exact) mass is 427 g/mol. The molecule has 0 fully saturated rings. The summed E-state index contributed by atoms with van der Waals surface area (Å²) in [6, 6.07) is 13.0. The lowest BCUT2D eigenvalue weighted by atomic mass is 10.1. The molecule has 1 N–H and O–H groups in total. The Bertz CT molecular complexity index is 1190. The highest BCUT2D eigenvalue weighted by atomic mass is 35.5. The Balaban J connectivity index is 2.02. The number of aromatic nitrogens is 2. The third kappa shape index (κ3) is 4.26. The Morgan fingerprint density at radius 1 is 1.24 bits per heavy atom. The normalized spacial score (nSPS) is 10.3. The van der Waals surface area contributed by atoms with Crippen LogP contribution in [0.2, 0.25) is 5.02 Å². The van der Waals surface area contributed by atoms with E-state index in [1.54, 1.807) is 42.7 Å². The number of nitrogens with zero attached hydrogens (tertiary/aromatic N) is 2. The fraction of sp³-hybridized carbons (Fsp3) is 0.100. The molecule has 3 rings (SSSR count). The van der Waals surface area contributed by atoms with Gasteiger partial charge in [0.05, 0.1) is 23.4 Å². The Hall–Kier alpha value is -3.28. The van der Waals surface area contributed by atoms with Crippen molar-refractivity contribution in [1.82, 2.24) is 9.97 Å². The van der Waals surface area contributed by atoms with Crippen molar-refractivity contribution in [2.75, 3.05) is 13.4 Å². The topological polar surface area (TPSA) is 105 Å². The van der Waals surface area contributed by atoms with Crippen molar-refractivity contribution in [3.8, 4) is 28.8 Å². The van der Waals surface area contributed by atoms with Crippen LogP contribution in [0.25, 0.3) is 11.3 Å². The van der Waals surface area contributed by atoms with Gasteiger partial charge < -0.3 is 14.5 Å². The summed E-state index contributed by atoms with van der Waals surface area (Å²) in [7, 11) is 1.41. The molecule has 9 heteroatoms. The predicted octanol–water partition coefficient (Wildman–Crippen LogP) is 3.91. The first kappa shape index (κ1) is 20.5. The highest BCUT2D eigenvalue weighted by Gasteiger charge is 2.18. The molecule has 0 amide bonds. The van der Waals surface area contributed by atoms with Crippen LogP contribution >= 0.6 is 23.4 Å². The number of nitriles is 1. The summed E-state index contributed by atoms with van der Waals surface area (Å²) in [4.78, 5) is 31.4. The van der Waals surface area contributed by atoms with E-state index in [2.05, 4.69) is 9.97 Å². The fourth-order valence-corrected chi connectivity index (χ4v) is 3.13. The van der Waals surface area contributed by atoms with E-state index in [0.717, 1.165) is 0 Å². The minimum absolute atomic E-state index is 0.120. The quantitative estimate of drug-likeness (QED) is 0.285. The van der Waals surface area contributed by atoms with Gasteiger partial charge in [-0.1, -0.05) is 35.5 Å². The van der Waals surface area contributed by atoms with E-state index in [4.69, 9.17) is 21.1 Å². The van der Waals surface area contributed by atoms with E-state index in [-0.39, 0.29) is 33.3 Å². The smallest absolute Gasteiger partial charge is 0.345 e. The molecule has 0 saturated carbocycles. The van der Waals surface area contributed by atoms with Crippen LogP contribution in [0.3, 0.4) is 0 Å². The molecule has 0 aliphatic carbocycles. The standard InChI is InChI=1S/C20H14ClN3O4S/c1-27-16-9-11(17-13(10-22)18(25)24-20(23-17)29-2)7-8-15(16)28-19(26)12-5-3-4-6-14(12)21/h3-9H,1-2H3,(H,23,24,25). The maximum Gasteiger partial charge on any atom is 0.345 e. The van der Waals surface area contributed by atoms with Gasteiger partial charge in [-0.15, -0.1) is 0 Å². The van der Waals surface area contributed by atoms with Crippen molar-refractivity contribution in [1.29, 1.82) is 5.26 Å². The lowest BCUT2D eigenvalue weighted by Gasteiger charge is -2.12. The van der Waals surface area contributed by atoms with Crippen molar-refractivity contribution in [3.63, 3.8) is 0 Å². The van der Waals surface area contributed by atoms with Crippen molar-refractivity contribution >= 4 is 29.3 Å². The van der Waals surface area contributed by atoms with Gasteiger partial charge in [0.15, 0.2) is 16.7 Å². The van der Waals surface area contributed by atoms with Crippen LogP contribution in [0.4, 0.5) is 0 Å². The lowest BCUT2D eigenvalue weighted by Crippen LogP contribution is -2.14. The van der Waals surface area contributed by atoms with Gasteiger partial charge in [0.25, 0.3) is 5.56 Å². The molecular weight excluding hydrogens is 414 g/mol. The van der Waals surface area contributed by atoms with Crippen LogP contribution in [0.1, 0.15) is 15.9 Å². The summed E-state index contributed by atoms with van der Waals surface area (Å²) in [5.41, 5.74) is 0.244. The van der Waals surface area contributed by atoms with Crippen molar-refractivity contribution in [2.45, 2.75) is 5.16 Å². The fourth-order valence-electron chi connectivity index (χ4n) is 2.54. The number of hydrogen-bond acceptors (Lipinski definition) is 7. The van der Waals surface area contributed by atoms with Crippen LogP contribution in [0.5, 0.6) is 11.5 Å². The minimum atomic E-state index is -0.640. The van der Waals surface area contributed by atoms with Crippen LogP contribution < -0.4 is 15.0 Å². The van der Waals surface area contributed by atoms with Gasteiger partial charge in [0, 0.05) is 5.56 Å². The molecule has 0 unspecified atom stereocenters. The van der Waals surface area contributed by atoms with Gasteiger partial charge >= 0.3 is 5.97 Å². The van der Waals surface area contributed by atoms with Crippen molar-refractivity contribution in [2.24, 2.45) is 0 Å². The van der Waals surface area contributed by atoms with E-state index in [0.29, 0.717) is 10.7 Å². The number of nitrogens with one attached hydrogen (secondary N) is 1. The number of aromatic amines is 1. The van der Waals surface area contributed by atoms with Gasteiger partial charge in [-0.2, -0.15) is 5.26 Å². The number of esters is 1. The molecule has 0 saturated heterocycles. The number of carbonyl (C=O) groups is 1. The first-order valence-electron chi connectivity index (χ1n) is 8.22. The molecule has 1 heterocycles. The Morgan fingerprint density at radius 2 is 2.00 bits per heavy atom. The number of carbonyl (C=O) groups excluding carboxylic acids is 1. The molecular formula is C20H14ClN3O4S. The van der Waals surface area contributed by atoms with E-state index in [1.165, 1.54) is 24.9 Å². The summed E-state index contributed by atoms with van der Waals surface area (Å²) in [6.07, 6.45) is 1.76. The van der Waals surface area contributed by atoms with Crippen LogP contribution in [-0.2, 0) is 0 Å². The average molecular weight is 428 g/mol. The lowest BCUT2D eigenvalue weighted by molar-refractivity contribution is 0.0730. The van der Waals surface area contributed by atoms with Crippen molar-refractivity contribution in [3.05, 3.63) is 69.0 Å². The zero-order chi connectivity index (χ0) is 21.0. The number of H-pyrrole nitrogens is 1. The van der Waals surface area contributed by atoms with E-state index >= 15 is 0 Å². The van der Waals surface area contributed by atoms with Crippen LogP contribution in [0.15, 0.2) is 52.4 Å². The van der Waals surface area contributed by atoms with E-state index in [9.17, 15) is 14.9 Å². The first-order chi connectivity index (χ1) is 14.0. The molecule has 3 aromatic rings. The average Bonchev–Trinajstić information content (AvgIpc) is 2.73. The largest absolute Gasteiger partial charge is 0.493 e. The number of thioether (sulfide) groups is 1. The molecule has 146 valence electrons. The molecule has 7 nitrogen and oxygen atoms in total. The van der Waals surface area contributed by atoms with Gasteiger partial charge in [-0.3, -0.25) is 4.79 Å². The summed E-state index contributed by atoms with van der Waals surface area (Å²) in [5.74, 6) is -0.243. The Morgan fingerprint density at radius 3 is 2.66 bits per heavy atom. The first-order valence-corrected chi connectivity index (χ1v) is 9.82. The summed E-state index contributed by atoms with van der Waals surface area (Å²) < 4.78 is 10.7. The molecule has 29 heavy (non-hydrogen) atoms. The van der Waals surface area contributed by atoms with Crippen LogP contribution in [0, 0.1) is 11.3 Å². The summed E-state index contributed by atoms with van der Waals surface area (Å²) in [6.45, 7) is 0. The zero-order valence-electron chi connectivity index (χ0n) is 15.4. The minimum Gasteiger partial charge on any atom is -0.493 e. The molecule has 2 aromatic carbocycles. The number of methoxy groups -OCH3 is 1. The van der Waals surface area contributed by atoms with Crippen molar-refractivity contribution < 1.29 is 14.3 Å². The van der Waals surface area contributed by atoms with Gasteiger partial charge in [0.1, 0.15) is 11.6 Å². The van der Waals surface area contributed by atoms with Crippen LogP contribution in [-0.4, -0.2) is 29.3 Å². The number of ether oxygens (including phenoxy) is 2. The number of halogens is 1. The van der Waals surface area contributed by atoms with E-state index < -0.39 is 11.5 Å². The predicted molar refractivity (Wildman–Crippen MR) is 110 cm³/mol. The van der Waals surface area contributed by atoms with E-state index in [1.807, 2.05) is 6.07 Å². The number of hydrogen-bond donors (Lipinski definition) is 1. The second kappa shape index (κ2) is 8.82. The maximum absolute atomic E-state index is 12.4. The zero-order valence-corrected chi connectivity index (χ0v) is 16.9. The van der Waals surface area contributed by atoms with Gasteiger partial charge in [-0.25, -0.2) is 9.78 Å². The Kier molecular flexibility index (Phi) is 6.22. The maximum atomic E-state index is 12.4. The molecule has 0 aliphatic heterocycles. The third-order valence-corrected chi connectivity index (χ3v) is 4.85. The molecule has 0 aliphatic rings. The summed E-state index contributed by atoms with van der Waals surface area (Å²) in [5, 5.41) is 9.99. The molecule has 1 aromatic heterocycles. The molecule has 0 bridgehead atoms. The highest BCUT2D eigenvalue weighted by molar-refractivity contribution is 7.98. The highest BCUT2D eigenvalue weighted by Crippen LogP contribution is 2.33. The second-order valence-corrected chi connectivity index (χ2v) is 6.85. The molecule has 0 radical (unpaired) electrons. The summed E-state index contributed by atoms with van der Waals surface area (Å²) >= 11 is 7.28. The second-order valence-electron chi connectivity index (χ2n) is 5.65. The molecule has 0 spiro atoms.